The molecule has 118 valence electrons. The fraction of sp³-hybridized carbons (Fsp3) is 1.00. The van der Waals surface area contributed by atoms with Crippen LogP contribution in [0.25, 0.3) is 0 Å². The molecular weight excluding hydrogens is 234 g/mol. The van der Waals surface area contributed by atoms with Crippen molar-refractivity contribution in [3.8, 4) is 0 Å². The first-order chi connectivity index (χ1) is 8.91. The Balaban J connectivity index is 0. The molecule has 0 atom stereocenters. The van der Waals surface area contributed by atoms with E-state index in [1.54, 1.807) is 0 Å². The van der Waals surface area contributed by atoms with Gasteiger partial charge in [-0.3, -0.25) is 0 Å². The molecule has 2 nitrogen and oxygen atoms in total. The van der Waals surface area contributed by atoms with Gasteiger partial charge in [-0.2, -0.15) is 0 Å². The molecule has 0 amide bonds. The Morgan fingerprint density at radius 3 is 1.32 bits per heavy atom. The second-order valence-electron chi connectivity index (χ2n) is 5.50. The van der Waals surface area contributed by atoms with Gasteiger partial charge in [-0.1, -0.05) is 84.5 Å². The molecule has 3 N–H and O–H groups in total. The van der Waals surface area contributed by atoms with E-state index in [0.717, 1.165) is 19.6 Å². The molecule has 0 saturated heterocycles. The van der Waals surface area contributed by atoms with Crippen molar-refractivity contribution in [2.45, 2.75) is 97.3 Å². The van der Waals surface area contributed by atoms with Gasteiger partial charge in [0.05, 0.1) is 0 Å². The standard InChI is InChI=1S/C17H36O.H3N/c1-3-5-6-7-8-9-10-11-12-13-14-15-17-18-16-4-2;/h3-17H2,1-2H3;1H3. The van der Waals surface area contributed by atoms with Crippen LogP contribution >= 0.6 is 0 Å². The summed E-state index contributed by atoms with van der Waals surface area (Å²) in [5.41, 5.74) is 0. The number of rotatable bonds is 15. The monoisotopic (exact) mass is 273 g/mol. The van der Waals surface area contributed by atoms with E-state index in [4.69, 9.17) is 4.74 Å². The van der Waals surface area contributed by atoms with E-state index in [1.807, 2.05) is 0 Å². The van der Waals surface area contributed by atoms with Crippen LogP contribution in [0.1, 0.15) is 97.3 Å². The number of ether oxygens (including phenoxy) is 1. The van der Waals surface area contributed by atoms with Gasteiger partial charge in [0.1, 0.15) is 0 Å². The minimum Gasteiger partial charge on any atom is -0.381 e. The van der Waals surface area contributed by atoms with E-state index in [-0.39, 0.29) is 6.15 Å². The SMILES string of the molecule is CCCCCCCCCCCCCCOCCC.N. The van der Waals surface area contributed by atoms with E-state index < -0.39 is 0 Å². The zero-order valence-electron chi connectivity index (χ0n) is 13.7. The van der Waals surface area contributed by atoms with Crippen LogP contribution in [0.3, 0.4) is 0 Å². The van der Waals surface area contributed by atoms with Gasteiger partial charge >= 0.3 is 0 Å². The van der Waals surface area contributed by atoms with Crippen molar-refractivity contribution in [2.75, 3.05) is 13.2 Å². The first-order valence-electron chi connectivity index (χ1n) is 8.49. The van der Waals surface area contributed by atoms with E-state index in [9.17, 15) is 0 Å². The molecule has 0 aromatic carbocycles. The third-order valence-corrected chi connectivity index (χ3v) is 3.49. The molecule has 0 aromatic rings. The van der Waals surface area contributed by atoms with Crippen molar-refractivity contribution in [1.29, 1.82) is 0 Å². The highest BCUT2D eigenvalue weighted by atomic mass is 16.5. The summed E-state index contributed by atoms with van der Waals surface area (Å²) in [6.07, 6.45) is 18.2. The largest absolute Gasteiger partial charge is 0.381 e. The summed E-state index contributed by atoms with van der Waals surface area (Å²) in [5, 5.41) is 0. The quantitative estimate of drug-likeness (QED) is 0.357. The lowest BCUT2D eigenvalue weighted by Crippen LogP contribution is -1.95. The number of hydrogen-bond donors (Lipinski definition) is 1. The second kappa shape index (κ2) is 20.2. The van der Waals surface area contributed by atoms with Gasteiger partial charge in [0, 0.05) is 13.2 Å². The van der Waals surface area contributed by atoms with Crippen LogP contribution in [0.15, 0.2) is 0 Å². The maximum atomic E-state index is 5.47. The predicted molar refractivity (Wildman–Crippen MR) is 87.2 cm³/mol. The van der Waals surface area contributed by atoms with Crippen LogP contribution in [0.2, 0.25) is 0 Å². The Morgan fingerprint density at radius 2 is 0.895 bits per heavy atom. The van der Waals surface area contributed by atoms with Gasteiger partial charge < -0.3 is 10.9 Å². The maximum absolute atomic E-state index is 5.47. The summed E-state index contributed by atoms with van der Waals surface area (Å²) in [6, 6.07) is 0. The van der Waals surface area contributed by atoms with Crippen molar-refractivity contribution < 1.29 is 4.74 Å². The molecule has 0 rings (SSSR count). The average molecular weight is 274 g/mol. The number of hydrogen-bond acceptors (Lipinski definition) is 2. The van der Waals surface area contributed by atoms with E-state index in [1.165, 1.54) is 77.0 Å². The van der Waals surface area contributed by atoms with E-state index in [0.29, 0.717) is 0 Å². The van der Waals surface area contributed by atoms with E-state index >= 15 is 0 Å². The molecule has 19 heavy (non-hydrogen) atoms. The summed E-state index contributed by atoms with van der Waals surface area (Å²) < 4.78 is 5.47. The predicted octanol–water partition coefficient (Wildman–Crippen LogP) is 6.28. The minimum absolute atomic E-state index is 0. The Bertz CT molecular complexity index is 123. The van der Waals surface area contributed by atoms with Crippen molar-refractivity contribution in [3.05, 3.63) is 0 Å². The highest BCUT2D eigenvalue weighted by molar-refractivity contribution is 4.48. The second-order valence-corrected chi connectivity index (χ2v) is 5.50. The minimum atomic E-state index is 0. The fourth-order valence-corrected chi connectivity index (χ4v) is 2.29. The molecule has 0 fully saturated rings. The Labute approximate surface area is 122 Å². The highest BCUT2D eigenvalue weighted by Crippen LogP contribution is 2.11. The van der Waals surface area contributed by atoms with Crippen LogP contribution in [-0.2, 0) is 4.74 Å². The molecule has 0 aliphatic carbocycles. The lowest BCUT2D eigenvalue weighted by atomic mass is 10.1. The van der Waals surface area contributed by atoms with Crippen LogP contribution in [0.4, 0.5) is 0 Å². The van der Waals surface area contributed by atoms with Crippen molar-refractivity contribution in [2.24, 2.45) is 0 Å². The van der Waals surface area contributed by atoms with Crippen molar-refractivity contribution in [3.63, 3.8) is 0 Å². The summed E-state index contributed by atoms with van der Waals surface area (Å²) >= 11 is 0. The lowest BCUT2D eigenvalue weighted by molar-refractivity contribution is 0.130. The Morgan fingerprint density at radius 1 is 0.474 bits per heavy atom. The summed E-state index contributed by atoms with van der Waals surface area (Å²) in [6.45, 7) is 6.37. The molecule has 0 aliphatic heterocycles. The fourth-order valence-electron chi connectivity index (χ4n) is 2.29. The Hall–Kier alpha value is -0.0800. The first kappa shape index (κ1) is 21.2. The van der Waals surface area contributed by atoms with Gasteiger partial charge in [-0.25, -0.2) is 0 Å². The molecular formula is C17H39NO. The van der Waals surface area contributed by atoms with Crippen molar-refractivity contribution in [1.82, 2.24) is 6.15 Å². The van der Waals surface area contributed by atoms with Crippen LogP contribution < -0.4 is 6.15 Å². The maximum Gasteiger partial charge on any atom is 0.0466 e. The van der Waals surface area contributed by atoms with Gasteiger partial charge in [0.15, 0.2) is 0 Å². The third-order valence-electron chi connectivity index (χ3n) is 3.49. The topological polar surface area (TPSA) is 44.2 Å². The highest BCUT2D eigenvalue weighted by Gasteiger charge is 1.93. The van der Waals surface area contributed by atoms with Crippen LogP contribution in [0, 0.1) is 0 Å². The summed E-state index contributed by atoms with van der Waals surface area (Å²) in [4.78, 5) is 0. The first-order valence-corrected chi connectivity index (χ1v) is 8.49. The number of unbranched alkanes of at least 4 members (excludes halogenated alkanes) is 11. The molecule has 0 aromatic heterocycles. The normalized spacial score (nSPS) is 10.4. The third kappa shape index (κ3) is 20.4. The van der Waals surface area contributed by atoms with Gasteiger partial charge in [0.2, 0.25) is 0 Å². The molecule has 0 aliphatic rings. The molecule has 0 bridgehead atoms. The van der Waals surface area contributed by atoms with Crippen LogP contribution in [-0.4, -0.2) is 13.2 Å². The van der Waals surface area contributed by atoms with Gasteiger partial charge in [-0.15, -0.1) is 0 Å². The van der Waals surface area contributed by atoms with Gasteiger partial charge in [-0.05, 0) is 12.8 Å². The smallest absolute Gasteiger partial charge is 0.0466 e. The zero-order chi connectivity index (χ0) is 13.3. The molecule has 0 unspecified atom stereocenters. The Kier molecular flexibility index (Phi) is 22.6. The zero-order valence-corrected chi connectivity index (χ0v) is 13.7. The lowest BCUT2D eigenvalue weighted by Gasteiger charge is -2.03. The molecule has 0 saturated carbocycles. The molecule has 2 heteroatoms. The van der Waals surface area contributed by atoms with Crippen molar-refractivity contribution >= 4 is 0 Å². The average Bonchev–Trinajstić information content (AvgIpc) is 2.39. The van der Waals surface area contributed by atoms with E-state index in [2.05, 4.69) is 13.8 Å². The molecule has 0 heterocycles. The summed E-state index contributed by atoms with van der Waals surface area (Å²) in [7, 11) is 0. The molecule has 0 spiro atoms. The van der Waals surface area contributed by atoms with Gasteiger partial charge in [0.25, 0.3) is 0 Å². The van der Waals surface area contributed by atoms with Crippen LogP contribution in [0.5, 0.6) is 0 Å². The molecule has 0 radical (unpaired) electrons. The summed E-state index contributed by atoms with van der Waals surface area (Å²) in [5.74, 6) is 0.